The van der Waals surface area contributed by atoms with E-state index in [0.717, 1.165) is 12.8 Å². The summed E-state index contributed by atoms with van der Waals surface area (Å²) >= 11 is 11.8. The van der Waals surface area contributed by atoms with Gasteiger partial charge in [0.15, 0.2) is 6.61 Å². The van der Waals surface area contributed by atoms with Crippen LogP contribution < -0.4 is 14.8 Å². The lowest BCUT2D eigenvalue weighted by molar-refractivity contribution is -0.123. The van der Waals surface area contributed by atoms with Crippen LogP contribution in [0.1, 0.15) is 18.9 Å². The van der Waals surface area contributed by atoms with Gasteiger partial charge in [0, 0.05) is 6.04 Å². The van der Waals surface area contributed by atoms with Gasteiger partial charge >= 0.3 is 0 Å². The van der Waals surface area contributed by atoms with E-state index < -0.39 is 10.0 Å². The molecule has 0 aromatic heterocycles. The van der Waals surface area contributed by atoms with Crippen LogP contribution >= 0.6 is 23.2 Å². The van der Waals surface area contributed by atoms with Crippen LogP contribution in [0.3, 0.4) is 0 Å². The van der Waals surface area contributed by atoms with Crippen LogP contribution in [0.15, 0.2) is 77.7 Å². The summed E-state index contributed by atoms with van der Waals surface area (Å²) in [5.74, 6) is 0.143. The highest BCUT2D eigenvalue weighted by molar-refractivity contribution is 7.92. The Morgan fingerprint density at radius 3 is 2.33 bits per heavy atom. The smallest absolute Gasteiger partial charge is 0.261 e. The van der Waals surface area contributed by atoms with Crippen molar-refractivity contribution in [3.8, 4) is 5.75 Å². The number of rotatable bonds is 10. The molecule has 2 N–H and O–H groups in total. The first-order valence-corrected chi connectivity index (χ1v) is 12.5. The molecule has 174 valence electrons. The standard InChI is InChI=1S/C24H24Cl2N2O4S/c1-17(7-8-18-5-3-2-4-6-18)27-24(29)16-32-20-10-12-21(13-11-20)33(30,31)28-19-9-14-22(25)23(26)15-19/h2-6,9-15,17,28H,7-8,16H2,1H3,(H,27,29)/t17-/m1/s1. The fourth-order valence-corrected chi connectivity index (χ4v) is 4.40. The van der Waals surface area contributed by atoms with Gasteiger partial charge in [0.25, 0.3) is 15.9 Å². The molecule has 3 aromatic carbocycles. The molecule has 33 heavy (non-hydrogen) atoms. The Balaban J connectivity index is 1.48. The van der Waals surface area contributed by atoms with Crippen molar-refractivity contribution in [2.45, 2.75) is 30.7 Å². The summed E-state index contributed by atoms with van der Waals surface area (Å²) in [4.78, 5) is 12.2. The molecule has 6 nitrogen and oxygen atoms in total. The zero-order valence-electron chi connectivity index (χ0n) is 17.9. The molecule has 0 radical (unpaired) electrons. The van der Waals surface area contributed by atoms with E-state index >= 15 is 0 Å². The van der Waals surface area contributed by atoms with Gasteiger partial charge < -0.3 is 10.1 Å². The number of sulfonamides is 1. The molecule has 0 heterocycles. The summed E-state index contributed by atoms with van der Waals surface area (Å²) in [7, 11) is -3.82. The molecule has 1 atom stereocenters. The molecular formula is C24H24Cl2N2O4S. The maximum absolute atomic E-state index is 12.6. The van der Waals surface area contributed by atoms with Crippen LogP contribution in [-0.2, 0) is 21.2 Å². The number of aryl methyl sites for hydroxylation is 1. The number of carbonyl (C=O) groups excluding carboxylic acids is 1. The molecule has 0 spiro atoms. The van der Waals surface area contributed by atoms with Crippen LogP contribution in [0, 0.1) is 0 Å². The van der Waals surface area contributed by atoms with Gasteiger partial charge in [-0.3, -0.25) is 9.52 Å². The lowest BCUT2D eigenvalue weighted by Gasteiger charge is -2.14. The molecule has 1 amide bonds. The number of anilines is 1. The van der Waals surface area contributed by atoms with E-state index in [2.05, 4.69) is 22.2 Å². The monoisotopic (exact) mass is 506 g/mol. The van der Waals surface area contributed by atoms with Crippen molar-refractivity contribution < 1.29 is 17.9 Å². The summed E-state index contributed by atoms with van der Waals surface area (Å²) in [5.41, 5.74) is 1.52. The number of hydrogen-bond donors (Lipinski definition) is 2. The van der Waals surface area contributed by atoms with E-state index in [-0.39, 0.29) is 28.5 Å². The average molecular weight is 507 g/mol. The number of ether oxygens (including phenoxy) is 1. The molecule has 0 fully saturated rings. The van der Waals surface area contributed by atoms with Gasteiger partial charge in [0.1, 0.15) is 5.75 Å². The van der Waals surface area contributed by atoms with Crippen molar-refractivity contribution in [3.05, 3.63) is 88.4 Å². The Morgan fingerprint density at radius 1 is 0.970 bits per heavy atom. The number of hydrogen-bond acceptors (Lipinski definition) is 4. The summed E-state index contributed by atoms with van der Waals surface area (Å²) < 4.78 is 33.1. The third-order valence-corrected chi connectivity index (χ3v) is 6.93. The fourth-order valence-electron chi connectivity index (χ4n) is 3.05. The van der Waals surface area contributed by atoms with E-state index in [1.165, 1.54) is 48.0 Å². The van der Waals surface area contributed by atoms with Gasteiger partial charge in [-0.15, -0.1) is 0 Å². The Bertz CT molecular complexity index is 1190. The molecule has 0 saturated heterocycles. The lowest BCUT2D eigenvalue weighted by atomic mass is 10.1. The van der Waals surface area contributed by atoms with Crippen LogP contribution in [0.4, 0.5) is 5.69 Å². The Labute approximate surface area is 203 Å². The minimum Gasteiger partial charge on any atom is -0.484 e. The Morgan fingerprint density at radius 2 is 1.67 bits per heavy atom. The van der Waals surface area contributed by atoms with Gasteiger partial charge in [-0.05, 0) is 67.8 Å². The zero-order chi connectivity index (χ0) is 23.8. The van der Waals surface area contributed by atoms with Crippen molar-refractivity contribution in [3.63, 3.8) is 0 Å². The predicted octanol–water partition coefficient (Wildman–Crippen LogP) is 5.31. The zero-order valence-corrected chi connectivity index (χ0v) is 20.3. The van der Waals surface area contributed by atoms with E-state index in [4.69, 9.17) is 27.9 Å². The minimum atomic E-state index is -3.82. The summed E-state index contributed by atoms with van der Waals surface area (Å²) in [5, 5.41) is 3.47. The van der Waals surface area contributed by atoms with Crippen molar-refractivity contribution in [1.29, 1.82) is 0 Å². The summed E-state index contributed by atoms with van der Waals surface area (Å²) in [6.07, 6.45) is 1.68. The second kappa shape index (κ2) is 11.4. The first kappa shape index (κ1) is 24.9. The topological polar surface area (TPSA) is 84.5 Å². The number of amides is 1. The maximum Gasteiger partial charge on any atom is 0.261 e. The fraction of sp³-hybridized carbons (Fsp3) is 0.208. The number of carbonyl (C=O) groups is 1. The van der Waals surface area contributed by atoms with Crippen molar-refractivity contribution >= 4 is 44.8 Å². The van der Waals surface area contributed by atoms with Crippen molar-refractivity contribution in [1.82, 2.24) is 5.32 Å². The third kappa shape index (κ3) is 7.67. The van der Waals surface area contributed by atoms with Crippen LogP contribution in [0.2, 0.25) is 10.0 Å². The van der Waals surface area contributed by atoms with Crippen molar-refractivity contribution in [2.24, 2.45) is 0 Å². The second-order valence-corrected chi connectivity index (χ2v) is 9.98. The quantitative estimate of drug-likeness (QED) is 0.390. The van der Waals surface area contributed by atoms with E-state index in [1.54, 1.807) is 0 Å². The molecule has 0 unspecified atom stereocenters. The SMILES string of the molecule is C[C@H](CCc1ccccc1)NC(=O)COc1ccc(S(=O)(=O)Nc2ccc(Cl)c(Cl)c2)cc1. The number of halogens is 2. The normalized spacial score (nSPS) is 12.1. The molecule has 0 aliphatic heterocycles. The second-order valence-electron chi connectivity index (χ2n) is 7.49. The molecule has 0 bridgehead atoms. The minimum absolute atomic E-state index is 0.00118. The van der Waals surface area contributed by atoms with Crippen LogP contribution in [0.5, 0.6) is 5.75 Å². The molecule has 0 saturated carbocycles. The van der Waals surface area contributed by atoms with Crippen LogP contribution in [0.25, 0.3) is 0 Å². The largest absolute Gasteiger partial charge is 0.484 e. The lowest BCUT2D eigenvalue weighted by Crippen LogP contribution is -2.36. The average Bonchev–Trinajstić information content (AvgIpc) is 2.79. The van der Waals surface area contributed by atoms with E-state index in [0.29, 0.717) is 16.5 Å². The molecular weight excluding hydrogens is 483 g/mol. The third-order valence-electron chi connectivity index (χ3n) is 4.79. The first-order chi connectivity index (χ1) is 15.7. The highest BCUT2D eigenvalue weighted by atomic mass is 35.5. The van der Waals surface area contributed by atoms with Gasteiger partial charge in [-0.2, -0.15) is 0 Å². The highest BCUT2D eigenvalue weighted by Crippen LogP contribution is 2.27. The van der Waals surface area contributed by atoms with Gasteiger partial charge in [-0.25, -0.2) is 8.42 Å². The molecule has 3 aromatic rings. The van der Waals surface area contributed by atoms with E-state index in [9.17, 15) is 13.2 Å². The van der Waals surface area contributed by atoms with Crippen LogP contribution in [-0.4, -0.2) is 27.0 Å². The Hall–Kier alpha value is -2.74. The maximum atomic E-state index is 12.6. The molecule has 0 aliphatic rings. The molecule has 0 aliphatic carbocycles. The summed E-state index contributed by atoms with van der Waals surface area (Å²) in [6, 6.07) is 20.3. The highest BCUT2D eigenvalue weighted by Gasteiger charge is 2.15. The van der Waals surface area contributed by atoms with Crippen molar-refractivity contribution in [2.75, 3.05) is 11.3 Å². The number of nitrogens with one attached hydrogen (secondary N) is 2. The van der Waals surface area contributed by atoms with Gasteiger partial charge in [0.05, 0.1) is 20.6 Å². The first-order valence-electron chi connectivity index (χ1n) is 10.3. The number of benzene rings is 3. The predicted molar refractivity (Wildman–Crippen MR) is 132 cm³/mol. The summed E-state index contributed by atoms with van der Waals surface area (Å²) in [6.45, 7) is 1.78. The van der Waals surface area contributed by atoms with Gasteiger partial charge in [0.2, 0.25) is 0 Å². The molecule has 9 heteroatoms. The molecule has 3 rings (SSSR count). The van der Waals surface area contributed by atoms with E-state index in [1.807, 2.05) is 25.1 Å². The Kier molecular flexibility index (Phi) is 8.61. The van der Waals surface area contributed by atoms with Gasteiger partial charge in [-0.1, -0.05) is 53.5 Å².